The maximum atomic E-state index is 12.4. The molecule has 0 spiro atoms. The standard InChI is InChI=1S/C14H28N2O/c1-5-11(3)10-16(6-2)14(17)13-9-7-8-12(4)15-13/h11-13,15H,5-10H2,1-4H3. The largest absolute Gasteiger partial charge is 0.341 e. The number of likely N-dealkylation sites (N-methyl/N-ethyl adjacent to an activating group) is 1. The van der Waals surface area contributed by atoms with Crippen LogP contribution in [0.2, 0.25) is 0 Å². The molecule has 1 aliphatic rings. The lowest BCUT2D eigenvalue weighted by Gasteiger charge is -2.33. The van der Waals surface area contributed by atoms with Gasteiger partial charge in [-0.3, -0.25) is 4.79 Å². The Balaban J connectivity index is 2.52. The first-order chi connectivity index (χ1) is 8.08. The highest BCUT2D eigenvalue weighted by atomic mass is 16.2. The molecule has 100 valence electrons. The Hall–Kier alpha value is -0.570. The van der Waals surface area contributed by atoms with Crippen molar-refractivity contribution in [2.75, 3.05) is 13.1 Å². The van der Waals surface area contributed by atoms with E-state index in [9.17, 15) is 4.79 Å². The molecular formula is C14H28N2O. The fourth-order valence-corrected chi connectivity index (χ4v) is 2.43. The normalized spacial score (nSPS) is 26.6. The summed E-state index contributed by atoms with van der Waals surface area (Å²) in [5, 5.41) is 3.43. The van der Waals surface area contributed by atoms with Crippen LogP contribution in [0.25, 0.3) is 0 Å². The Labute approximate surface area is 106 Å². The van der Waals surface area contributed by atoms with E-state index >= 15 is 0 Å². The monoisotopic (exact) mass is 240 g/mol. The fraction of sp³-hybridized carbons (Fsp3) is 0.929. The summed E-state index contributed by atoms with van der Waals surface area (Å²) in [7, 11) is 0. The summed E-state index contributed by atoms with van der Waals surface area (Å²) in [6, 6.07) is 0.544. The molecule has 3 heteroatoms. The van der Waals surface area contributed by atoms with Gasteiger partial charge in [-0.1, -0.05) is 20.3 Å². The van der Waals surface area contributed by atoms with Gasteiger partial charge < -0.3 is 10.2 Å². The van der Waals surface area contributed by atoms with Crippen LogP contribution in [0.1, 0.15) is 53.4 Å². The van der Waals surface area contributed by atoms with Crippen LogP contribution in [-0.4, -0.2) is 36.0 Å². The molecule has 1 fully saturated rings. The van der Waals surface area contributed by atoms with Gasteiger partial charge in [0.05, 0.1) is 6.04 Å². The zero-order chi connectivity index (χ0) is 12.8. The molecule has 1 N–H and O–H groups in total. The minimum atomic E-state index is 0.0581. The molecule has 3 unspecified atom stereocenters. The van der Waals surface area contributed by atoms with E-state index in [0.29, 0.717) is 17.9 Å². The van der Waals surface area contributed by atoms with Gasteiger partial charge in [0, 0.05) is 19.1 Å². The summed E-state index contributed by atoms with van der Waals surface area (Å²) in [6.07, 6.45) is 4.51. The van der Waals surface area contributed by atoms with Crippen molar-refractivity contribution in [1.29, 1.82) is 0 Å². The van der Waals surface area contributed by atoms with Crippen LogP contribution < -0.4 is 5.32 Å². The molecule has 0 radical (unpaired) electrons. The number of piperidine rings is 1. The molecule has 0 bridgehead atoms. The molecule has 1 heterocycles. The smallest absolute Gasteiger partial charge is 0.239 e. The Bertz CT molecular complexity index is 242. The summed E-state index contributed by atoms with van der Waals surface area (Å²) in [6.45, 7) is 10.4. The Kier molecular flexibility index (Phi) is 5.96. The lowest BCUT2D eigenvalue weighted by molar-refractivity contribution is -0.134. The number of hydrogen-bond acceptors (Lipinski definition) is 2. The van der Waals surface area contributed by atoms with Crippen molar-refractivity contribution < 1.29 is 4.79 Å². The molecule has 3 atom stereocenters. The summed E-state index contributed by atoms with van der Waals surface area (Å²) in [4.78, 5) is 14.4. The fourth-order valence-electron chi connectivity index (χ4n) is 2.43. The van der Waals surface area contributed by atoms with E-state index in [-0.39, 0.29) is 6.04 Å². The number of nitrogens with one attached hydrogen (secondary N) is 1. The van der Waals surface area contributed by atoms with Crippen LogP contribution in [0.3, 0.4) is 0 Å². The van der Waals surface area contributed by atoms with E-state index in [1.165, 1.54) is 12.8 Å². The lowest BCUT2D eigenvalue weighted by atomic mass is 9.98. The Morgan fingerprint density at radius 1 is 1.41 bits per heavy atom. The summed E-state index contributed by atoms with van der Waals surface area (Å²) in [5.74, 6) is 0.902. The molecule has 3 nitrogen and oxygen atoms in total. The van der Waals surface area contributed by atoms with Crippen LogP contribution >= 0.6 is 0 Å². The average Bonchev–Trinajstić information content (AvgIpc) is 2.34. The maximum Gasteiger partial charge on any atom is 0.239 e. The second-order valence-corrected chi connectivity index (χ2v) is 5.44. The van der Waals surface area contributed by atoms with Crippen molar-refractivity contribution in [2.24, 2.45) is 5.92 Å². The third-order valence-electron chi connectivity index (χ3n) is 3.84. The van der Waals surface area contributed by atoms with Crippen molar-refractivity contribution >= 4 is 5.91 Å². The molecular weight excluding hydrogens is 212 g/mol. The molecule has 0 aromatic carbocycles. The van der Waals surface area contributed by atoms with Crippen LogP contribution in [0.5, 0.6) is 0 Å². The molecule has 1 saturated heterocycles. The SMILES string of the molecule is CCC(C)CN(CC)C(=O)C1CCCC(C)N1. The van der Waals surface area contributed by atoms with E-state index in [1.807, 2.05) is 4.90 Å². The van der Waals surface area contributed by atoms with Gasteiger partial charge in [0.25, 0.3) is 0 Å². The summed E-state index contributed by atoms with van der Waals surface area (Å²) in [5.41, 5.74) is 0. The number of rotatable bonds is 5. The highest BCUT2D eigenvalue weighted by Crippen LogP contribution is 2.15. The van der Waals surface area contributed by atoms with Crippen LogP contribution in [0.15, 0.2) is 0 Å². The van der Waals surface area contributed by atoms with Crippen LogP contribution in [-0.2, 0) is 4.79 Å². The van der Waals surface area contributed by atoms with Crippen molar-refractivity contribution in [1.82, 2.24) is 10.2 Å². The topological polar surface area (TPSA) is 32.3 Å². The first-order valence-electron chi connectivity index (χ1n) is 7.13. The van der Waals surface area contributed by atoms with Gasteiger partial charge in [-0.05, 0) is 39.0 Å². The highest BCUT2D eigenvalue weighted by molar-refractivity contribution is 5.82. The lowest BCUT2D eigenvalue weighted by Crippen LogP contribution is -2.52. The van der Waals surface area contributed by atoms with Crippen molar-refractivity contribution in [3.8, 4) is 0 Å². The second-order valence-electron chi connectivity index (χ2n) is 5.44. The Morgan fingerprint density at radius 3 is 2.65 bits per heavy atom. The van der Waals surface area contributed by atoms with Gasteiger partial charge in [-0.2, -0.15) is 0 Å². The summed E-state index contributed by atoms with van der Waals surface area (Å²) >= 11 is 0. The number of amides is 1. The Morgan fingerprint density at radius 2 is 2.12 bits per heavy atom. The van der Waals surface area contributed by atoms with Gasteiger partial charge in [0.1, 0.15) is 0 Å². The van der Waals surface area contributed by atoms with E-state index in [4.69, 9.17) is 0 Å². The average molecular weight is 240 g/mol. The van der Waals surface area contributed by atoms with E-state index in [2.05, 4.69) is 33.0 Å². The minimum absolute atomic E-state index is 0.0581. The number of carbonyl (C=O) groups is 1. The third kappa shape index (κ3) is 4.30. The van der Waals surface area contributed by atoms with E-state index in [1.54, 1.807) is 0 Å². The number of nitrogens with zero attached hydrogens (tertiary/aromatic N) is 1. The molecule has 1 amide bonds. The zero-order valence-corrected chi connectivity index (χ0v) is 11.8. The molecule has 1 rings (SSSR count). The second kappa shape index (κ2) is 7.00. The van der Waals surface area contributed by atoms with Gasteiger partial charge in [-0.25, -0.2) is 0 Å². The van der Waals surface area contributed by atoms with Gasteiger partial charge in [-0.15, -0.1) is 0 Å². The summed E-state index contributed by atoms with van der Waals surface area (Å²) < 4.78 is 0. The quantitative estimate of drug-likeness (QED) is 0.800. The molecule has 17 heavy (non-hydrogen) atoms. The van der Waals surface area contributed by atoms with Crippen LogP contribution in [0.4, 0.5) is 0 Å². The van der Waals surface area contributed by atoms with E-state index < -0.39 is 0 Å². The van der Waals surface area contributed by atoms with Gasteiger partial charge in [0.2, 0.25) is 5.91 Å². The van der Waals surface area contributed by atoms with Gasteiger partial charge in [0.15, 0.2) is 0 Å². The predicted molar refractivity (Wildman–Crippen MR) is 71.9 cm³/mol. The van der Waals surface area contributed by atoms with E-state index in [0.717, 1.165) is 25.9 Å². The molecule has 0 saturated carbocycles. The highest BCUT2D eigenvalue weighted by Gasteiger charge is 2.27. The molecule has 1 aliphatic heterocycles. The van der Waals surface area contributed by atoms with Crippen molar-refractivity contribution in [3.05, 3.63) is 0 Å². The molecule has 0 aromatic heterocycles. The van der Waals surface area contributed by atoms with Crippen molar-refractivity contribution in [3.63, 3.8) is 0 Å². The number of carbonyl (C=O) groups excluding carboxylic acids is 1. The maximum absolute atomic E-state index is 12.4. The zero-order valence-electron chi connectivity index (χ0n) is 11.8. The first kappa shape index (κ1) is 14.5. The minimum Gasteiger partial charge on any atom is -0.341 e. The van der Waals surface area contributed by atoms with Gasteiger partial charge >= 0.3 is 0 Å². The molecule has 0 aromatic rings. The first-order valence-corrected chi connectivity index (χ1v) is 7.13. The third-order valence-corrected chi connectivity index (χ3v) is 3.84. The predicted octanol–water partition coefficient (Wildman–Crippen LogP) is 2.41. The number of hydrogen-bond donors (Lipinski definition) is 1. The van der Waals surface area contributed by atoms with Crippen LogP contribution in [0, 0.1) is 5.92 Å². The van der Waals surface area contributed by atoms with Crippen molar-refractivity contribution in [2.45, 2.75) is 65.5 Å². The molecule has 0 aliphatic carbocycles.